The number of hydrogen-bond acceptors (Lipinski definition) is 2. The Balaban J connectivity index is 1.86. The zero-order valence-electron chi connectivity index (χ0n) is 11.3. The van der Waals surface area contributed by atoms with E-state index in [9.17, 15) is 9.18 Å². The molecule has 3 nitrogen and oxygen atoms in total. The second-order valence-corrected chi connectivity index (χ2v) is 4.51. The van der Waals surface area contributed by atoms with Gasteiger partial charge in [0.25, 0.3) is 5.91 Å². The highest BCUT2D eigenvalue weighted by atomic mass is 19.1. The average molecular weight is 272 g/mol. The fourth-order valence-corrected chi connectivity index (χ4v) is 1.92. The molecule has 1 amide bonds. The molecule has 0 aliphatic rings. The lowest BCUT2D eigenvalue weighted by atomic mass is 10.1. The van der Waals surface area contributed by atoms with E-state index in [-0.39, 0.29) is 11.7 Å². The predicted octanol–water partition coefficient (Wildman–Crippen LogP) is 2.48. The van der Waals surface area contributed by atoms with Gasteiger partial charge in [-0.3, -0.25) is 4.79 Å². The van der Waals surface area contributed by atoms with Crippen LogP contribution in [0, 0.1) is 5.82 Å². The Hall–Kier alpha value is -2.20. The highest BCUT2D eigenvalue weighted by Gasteiger charge is 2.02. The molecule has 104 valence electrons. The highest BCUT2D eigenvalue weighted by Crippen LogP contribution is 2.06. The van der Waals surface area contributed by atoms with E-state index in [1.54, 1.807) is 25.2 Å². The molecule has 0 aromatic heterocycles. The zero-order chi connectivity index (χ0) is 14.4. The van der Waals surface area contributed by atoms with Crippen molar-refractivity contribution >= 4 is 5.91 Å². The first kappa shape index (κ1) is 14.2. The van der Waals surface area contributed by atoms with Crippen molar-refractivity contribution in [3.05, 3.63) is 71.0 Å². The smallest absolute Gasteiger partial charge is 0.251 e. The van der Waals surface area contributed by atoms with Crippen LogP contribution in [0.1, 0.15) is 21.5 Å². The first-order valence-corrected chi connectivity index (χ1v) is 6.45. The van der Waals surface area contributed by atoms with Crippen LogP contribution < -0.4 is 10.6 Å². The normalized spacial score (nSPS) is 10.3. The quantitative estimate of drug-likeness (QED) is 0.878. The van der Waals surface area contributed by atoms with Crippen LogP contribution in [-0.2, 0) is 13.1 Å². The van der Waals surface area contributed by atoms with Crippen LogP contribution in [0.4, 0.5) is 4.39 Å². The molecule has 0 spiro atoms. The Kier molecular flexibility index (Phi) is 4.85. The summed E-state index contributed by atoms with van der Waals surface area (Å²) in [6, 6.07) is 13.9. The molecule has 0 unspecified atom stereocenters. The zero-order valence-corrected chi connectivity index (χ0v) is 11.3. The standard InChI is InChI=1S/C16H17FN2O/c1-18-16(20)14-7-5-12(6-8-14)10-19-11-13-3-2-4-15(17)9-13/h2-9,19H,10-11H2,1H3,(H,18,20). The SMILES string of the molecule is CNC(=O)c1ccc(CNCc2cccc(F)c2)cc1. The first-order valence-electron chi connectivity index (χ1n) is 6.45. The summed E-state index contributed by atoms with van der Waals surface area (Å²) >= 11 is 0. The van der Waals surface area contributed by atoms with E-state index in [0.717, 1.165) is 11.1 Å². The molecule has 0 saturated carbocycles. The lowest BCUT2D eigenvalue weighted by Gasteiger charge is -2.06. The van der Waals surface area contributed by atoms with Gasteiger partial charge in [-0.25, -0.2) is 4.39 Å². The Labute approximate surface area is 117 Å². The van der Waals surface area contributed by atoms with Gasteiger partial charge in [0.05, 0.1) is 0 Å². The number of carbonyl (C=O) groups excluding carboxylic acids is 1. The largest absolute Gasteiger partial charge is 0.355 e. The Morgan fingerprint density at radius 1 is 1.05 bits per heavy atom. The summed E-state index contributed by atoms with van der Waals surface area (Å²) in [4.78, 5) is 11.4. The maximum Gasteiger partial charge on any atom is 0.251 e. The van der Waals surface area contributed by atoms with E-state index in [1.165, 1.54) is 12.1 Å². The third-order valence-corrected chi connectivity index (χ3v) is 2.99. The van der Waals surface area contributed by atoms with Gasteiger partial charge in [-0.05, 0) is 35.4 Å². The molecule has 0 radical (unpaired) electrons. The second kappa shape index (κ2) is 6.82. The predicted molar refractivity (Wildman–Crippen MR) is 76.8 cm³/mol. The van der Waals surface area contributed by atoms with Gasteiger partial charge in [-0.15, -0.1) is 0 Å². The third-order valence-electron chi connectivity index (χ3n) is 2.99. The fraction of sp³-hybridized carbons (Fsp3) is 0.188. The van der Waals surface area contributed by atoms with Crippen LogP contribution >= 0.6 is 0 Å². The second-order valence-electron chi connectivity index (χ2n) is 4.51. The van der Waals surface area contributed by atoms with Gasteiger partial charge in [0.2, 0.25) is 0 Å². The van der Waals surface area contributed by atoms with Crippen molar-refractivity contribution < 1.29 is 9.18 Å². The highest BCUT2D eigenvalue weighted by molar-refractivity contribution is 5.93. The number of hydrogen-bond donors (Lipinski definition) is 2. The summed E-state index contributed by atoms with van der Waals surface area (Å²) < 4.78 is 13.0. The molecule has 2 aromatic rings. The molecule has 2 aromatic carbocycles. The third kappa shape index (κ3) is 3.90. The van der Waals surface area contributed by atoms with Gasteiger partial charge >= 0.3 is 0 Å². The van der Waals surface area contributed by atoms with Gasteiger partial charge in [-0.2, -0.15) is 0 Å². The number of nitrogens with one attached hydrogen (secondary N) is 2. The fourth-order valence-electron chi connectivity index (χ4n) is 1.92. The molecule has 0 heterocycles. The minimum Gasteiger partial charge on any atom is -0.355 e. The van der Waals surface area contributed by atoms with E-state index >= 15 is 0 Å². The Bertz CT molecular complexity index is 581. The van der Waals surface area contributed by atoms with Gasteiger partial charge in [0.1, 0.15) is 5.82 Å². The molecule has 0 saturated heterocycles. The van der Waals surface area contributed by atoms with Crippen molar-refractivity contribution in [2.45, 2.75) is 13.1 Å². The molecule has 20 heavy (non-hydrogen) atoms. The molecule has 2 rings (SSSR count). The van der Waals surface area contributed by atoms with Gasteiger partial charge in [0, 0.05) is 25.7 Å². The summed E-state index contributed by atoms with van der Waals surface area (Å²) in [6.07, 6.45) is 0. The Morgan fingerprint density at radius 3 is 2.40 bits per heavy atom. The van der Waals surface area contributed by atoms with Crippen molar-refractivity contribution in [2.75, 3.05) is 7.05 Å². The summed E-state index contributed by atoms with van der Waals surface area (Å²) in [5.41, 5.74) is 2.63. The minimum atomic E-state index is -0.223. The number of rotatable bonds is 5. The number of amides is 1. The maximum absolute atomic E-state index is 13.0. The van der Waals surface area contributed by atoms with E-state index in [4.69, 9.17) is 0 Å². The van der Waals surface area contributed by atoms with Crippen LogP contribution in [0.15, 0.2) is 48.5 Å². The van der Waals surface area contributed by atoms with Crippen LogP contribution in [0.2, 0.25) is 0 Å². The molecule has 2 N–H and O–H groups in total. The first-order chi connectivity index (χ1) is 9.69. The van der Waals surface area contributed by atoms with Crippen molar-refractivity contribution in [3.63, 3.8) is 0 Å². The number of halogens is 1. The monoisotopic (exact) mass is 272 g/mol. The lowest BCUT2D eigenvalue weighted by molar-refractivity contribution is 0.0963. The van der Waals surface area contributed by atoms with E-state index in [1.807, 2.05) is 18.2 Å². The van der Waals surface area contributed by atoms with Crippen LogP contribution in [-0.4, -0.2) is 13.0 Å². The number of carbonyl (C=O) groups is 1. The molecule has 4 heteroatoms. The average Bonchev–Trinajstić information content (AvgIpc) is 2.47. The van der Waals surface area contributed by atoms with Gasteiger partial charge in [0.15, 0.2) is 0 Å². The maximum atomic E-state index is 13.0. The van der Waals surface area contributed by atoms with Crippen molar-refractivity contribution in [3.8, 4) is 0 Å². The molecular formula is C16H17FN2O. The summed E-state index contributed by atoms with van der Waals surface area (Å²) in [7, 11) is 1.61. The van der Waals surface area contributed by atoms with E-state index in [2.05, 4.69) is 10.6 Å². The van der Waals surface area contributed by atoms with Crippen molar-refractivity contribution in [2.24, 2.45) is 0 Å². The van der Waals surface area contributed by atoms with Crippen molar-refractivity contribution in [1.82, 2.24) is 10.6 Å². The van der Waals surface area contributed by atoms with Gasteiger partial charge < -0.3 is 10.6 Å². The Morgan fingerprint density at radius 2 is 1.75 bits per heavy atom. The van der Waals surface area contributed by atoms with E-state index < -0.39 is 0 Å². The molecule has 0 aliphatic heterocycles. The topological polar surface area (TPSA) is 41.1 Å². The minimum absolute atomic E-state index is 0.0933. The van der Waals surface area contributed by atoms with Crippen LogP contribution in [0.25, 0.3) is 0 Å². The van der Waals surface area contributed by atoms with E-state index in [0.29, 0.717) is 18.7 Å². The van der Waals surface area contributed by atoms with Crippen LogP contribution in [0.5, 0.6) is 0 Å². The van der Waals surface area contributed by atoms with Crippen molar-refractivity contribution in [1.29, 1.82) is 0 Å². The molecule has 0 aliphatic carbocycles. The molecule has 0 fully saturated rings. The molecule has 0 atom stereocenters. The number of benzene rings is 2. The lowest BCUT2D eigenvalue weighted by Crippen LogP contribution is -2.18. The van der Waals surface area contributed by atoms with Crippen LogP contribution in [0.3, 0.4) is 0 Å². The summed E-state index contributed by atoms with van der Waals surface area (Å²) in [5, 5.41) is 5.82. The summed E-state index contributed by atoms with van der Waals surface area (Å²) in [6.45, 7) is 1.28. The molecule has 0 bridgehead atoms. The van der Waals surface area contributed by atoms with Gasteiger partial charge in [-0.1, -0.05) is 24.3 Å². The summed E-state index contributed by atoms with van der Waals surface area (Å²) in [5.74, 6) is -0.316. The molecular weight excluding hydrogens is 255 g/mol.